The first-order valence-electron chi connectivity index (χ1n) is 19.3. The molecular weight excluding hydrogens is 902 g/mol. The second-order valence-corrected chi connectivity index (χ2v) is 59.9. The van der Waals surface area contributed by atoms with E-state index in [0.717, 1.165) is 51.1 Å². The van der Waals surface area contributed by atoms with Crippen LogP contribution in [0.15, 0.2) is 96.1 Å². The molecule has 2 unspecified atom stereocenters. The van der Waals surface area contributed by atoms with Crippen LogP contribution in [0.3, 0.4) is 0 Å². The molecule has 4 aromatic carbocycles. The zero-order valence-corrected chi connectivity index (χ0v) is 38.5. The average Bonchev–Trinajstić information content (AvgIpc) is 3.71. The van der Waals surface area contributed by atoms with Gasteiger partial charge in [0.15, 0.2) is 0 Å². The predicted octanol–water partition coefficient (Wildman–Crippen LogP) is 15.9. The zero-order chi connectivity index (χ0) is 43.2. The van der Waals surface area contributed by atoms with E-state index in [2.05, 4.69) is 90.2 Å². The average molecular weight is 948 g/mol. The van der Waals surface area contributed by atoms with Crippen LogP contribution in [0.5, 0.6) is 0 Å². The Balaban J connectivity index is 1.52. The van der Waals surface area contributed by atoms with Crippen molar-refractivity contribution in [1.82, 2.24) is 0 Å². The van der Waals surface area contributed by atoms with Crippen LogP contribution in [-0.2, 0) is 26.4 Å². The maximum atomic E-state index is 14.0. The Labute approximate surface area is 343 Å². The van der Waals surface area contributed by atoms with Crippen LogP contribution < -0.4 is 0 Å². The molecule has 2 atom stereocenters. The van der Waals surface area contributed by atoms with Crippen molar-refractivity contribution in [2.24, 2.45) is 5.92 Å². The monoisotopic (exact) mass is 945 g/mol. The van der Waals surface area contributed by atoms with Gasteiger partial charge in [-0.05, 0) is 0 Å². The molecule has 0 heterocycles. The fraction of sp³-hybridized carbons (Fsp3) is 0.378. The Kier molecular flexibility index (Phi) is 11.5. The summed E-state index contributed by atoms with van der Waals surface area (Å²) in [6.45, 7) is 17.2. The van der Waals surface area contributed by atoms with E-state index in [1.807, 2.05) is 25.1 Å². The van der Waals surface area contributed by atoms with E-state index < -0.39 is 51.0 Å². The Morgan fingerprint density at radius 1 is 0.603 bits per heavy atom. The number of hydrogen-bond acceptors (Lipinski definition) is 0. The van der Waals surface area contributed by atoms with Crippen LogP contribution in [0.1, 0.15) is 88.6 Å². The number of fused-ring (bicyclic) bond motifs is 2. The SMILES string of the molecule is CCC1=Cc2c(-c3ccc(C(C(F)(F)F)(C(F)(F)F)C(F)(F)F)cc3)cccc2[CH]1[Zr]([Cl])([Cl])([CH]1C(C(C)C)=Cc2c(-c3ccc(C(C)(C)C)cc3)cccc21)[SiH](C)C. The molecule has 0 N–H and O–H groups in total. The molecule has 2 aliphatic carbocycles. The van der Waals surface area contributed by atoms with Crippen LogP contribution >= 0.6 is 17.0 Å². The van der Waals surface area contributed by atoms with Gasteiger partial charge in [0.25, 0.3) is 0 Å². The number of rotatable bonds is 8. The molecule has 0 nitrogen and oxygen atoms in total. The van der Waals surface area contributed by atoms with Crippen molar-refractivity contribution < 1.29 is 55.1 Å². The maximum absolute atomic E-state index is 14.0. The molecule has 0 aliphatic heterocycles. The van der Waals surface area contributed by atoms with Gasteiger partial charge in [-0.1, -0.05) is 0 Å². The van der Waals surface area contributed by atoms with E-state index in [-0.39, 0.29) is 36.3 Å². The molecule has 13 heteroatoms. The molecule has 0 saturated heterocycles. The summed E-state index contributed by atoms with van der Waals surface area (Å²) in [5.74, 6) is -1.93. The van der Waals surface area contributed by atoms with E-state index >= 15 is 0 Å². The molecule has 311 valence electrons. The van der Waals surface area contributed by atoms with Gasteiger partial charge >= 0.3 is 345 Å². The van der Waals surface area contributed by atoms with Crippen molar-refractivity contribution in [2.75, 3.05) is 0 Å². The fourth-order valence-electron chi connectivity index (χ4n) is 9.32. The van der Waals surface area contributed by atoms with Crippen molar-refractivity contribution in [1.29, 1.82) is 0 Å². The van der Waals surface area contributed by atoms with Crippen LogP contribution in [0.25, 0.3) is 34.4 Å². The normalized spacial score (nSPS) is 18.5. The molecule has 6 rings (SSSR count). The first kappa shape index (κ1) is 44.9. The quantitative estimate of drug-likeness (QED) is 0.122. The van der Waals surface area contributed by atoms with Gasteiger partial charge in [0, 0.05) is 0 Å². The molecule has 0 aromatic heterocycles. The number of alkyl halides is 9. The minimum atomic E-state index is -6.71. The molecule has 0 radical (unpaired) electrons. The number of hydrogen-bond donors (Lipinski definition) is 0. The van der Waals surface area contributed by atoms with Gasteiger partial charge < -0.3 is 0 Å². The van der Waals surface area contributed by atoms with Crippen molar-refractivity contribution in [2.45, 2.75) is 97.7 Å². The Hall–Kier alpha value is -2.59. The van der Waals surface area contributed by atoms with E-state index in [1.165, 1.54) is 5.56 Å². The summed E-state index contributed by atoms with van der Waals surface area (Å²) in [6.07, 6.45) is -15.3. The molecule has 0 spiro atoms. The third-order valence-electron chi connectivity index (χ3n) is 12.5. The van der Waals surface area contributed by atoms with Gasteiger partial charge in [-0.15, -0.1) is 0 Å². The van der Waals surface area contributed by atoms with Gasteiger partial charge in [0.1, 0.15) is 0 Å². The molecule has 0 amide bonds. The van der Waals surface area contributed by atoms with E-state index in [4.69, 9.17) is 17.0 Å². The van der Waals surface area contributed by atoms with Crippen LogP contribution in [0, 0.1) is 5.92 Å². The van der Waals surface area contributed by atoms with E-state index in [1.54, 1.807) is 12.1 Å². The Bertz CT molecular complexity index is 2240. The van der Waals surface area contributed by atoms with Crippen molar-refractivity contribution in [3.63, 3.8) is 0 Å². The van der Waals surface area contributed by atoms with Crippen molar-refractivity contribution in [3.8, 4) is 22.3 Å². The fourth-order valence-corrected chi connectivity index (χ4v) is 41.0. The Morgan fingerprint density at radius 2 is 1.02 bits per heavy atom. The molecule has 0 bridgehead atoms. The first-order chi connectivity index (χ1) is 26.6. The summed E-state index contributed by atoms with van der Waals surface area (Å²) in [4.78, 5) is 0. The first-order valence-corrected chi connectivity index (χ1v) is 35.6. The van der Waals surface area contributed by atoms with Gasteiger partial charge in [-0.25, -0.2) is 0 Å². The number of halogens is 11. The molecule has 0 saturated carbocycles. The van der Waals surface area contributed by atoms with E-state index in [9.17, 15) is 39.5 Å². The third-order valence-corrected chi connectivity index (χ3v) is 64.3. The second kappa shape index (κ2) is 14.8. The summed E-state index contributed by atoms with van der Waals surface area (Å²) in [5.41, 5.74) is 1.68. The van der Waals surface area contributed by atoms with E-state index in [0.29, 0.717) is 17.5 Å². The third kappa shape index (κ3) is 6.84. The van der Waals surface area contributed by atoms with Crippen molar-refractivity contribution >= 4 is 35.1 Å². The van der Waals surface area contributed by atoms with Crippen molar-refractivity contribution in [3.05, 3.63) is 129 Å². The second-order valence-electron chi connectivity index (χ2n) is 17.4. The summed E-state index contributed by atoms with van der Waals surface area (Å²) < 4.78 is 125. The van der Waals surface area contributed by atoms with Crippen LogP contribution in [0.4, 0.5) is 39.5 Å². The van der Waals surface area contributed by atoms with Gasteiger partial charge in [0.2, 0.25) is 0 Å². The van der Waals surface area contributed by atoms with Crippen LogP contribution in [0.2, 0.25) is 13.1 Å². The van der Waals surface area contributed by atoms with Gasteiger partial charge in [-0.2, -0.15) is 0 Å². The zero-order valence-electron chi connectivity index (χ0n) is 33.4. The summed E-state index contributed by atoms with van der Waals surface area (Å²) in [5, 5.41) is 0. The molecule has 4 aromatic rings. The van der Waals surface area contributed by atoms with Gasteiger partial charge in [0.05, 0.1) is 0 Å². The Morgan fingerprint density at radius 3 is 1.40 bits per heavy atom. The topological polar surface area (TPSA) is 0 Å². The number of benzene rings is 4. The van der Waals surface area contributed by atoms with Crippen LogP contribution in [-0.4, -0.2) is 24.5 Å². The standard InChI is InChI=1S/C22H25.C21H14F9.C2H7Si.2ClH.Zr/c1-15(2)18-13-17-7-6-8-20(21(17)14-18)16-9-11-19(12-10-16)22(3,4)5;1-2-12-10-14-4-3-5-16(17(14)11-12)13-6-8-15(9-7-13)18(19(22,23)24,20(25,26)27)21(28,29)30;1-3-2;;;/h6-15H,1-5H3;3-11H,2H2,1H3;3H,1-2H3;2*1H;/q;;;;;+2/p-2. The predicted molar refractivity (Wildman–Crippen MR) is 219 cm³/mol. The minimum absolute atomic E-state index is 0.0167. The molecular formula is C45H46Cl2F9SiZr. The summed E-state index contributed by atoms with van der Waals surface area (Å²) in [7, 11) is 17.0. The molecule has 58 heavy (non-hydrogen) atoms. The summed E-state index contributed by atoms with van der Waals surface area (Å²) >= 11 is -5.31. The number of allylic oxidation sites excluding steroid dienone is 2. The van der Waals surface area contributed by atoms with Gasteiger partial charge in [-0.3, -0.25) is 0 Å². The molecule has 0 fully saturated rings. The summed E-state index contributed by atoms with van der Waals surface area (Å²) in [6, 6.07) is 22.5. The molecule has 2 aliphatic rings.